The summed E-state index contributed by atoms with van der Waals surface area (Å²) in [5.74, 6) is -0.0985. The van der Waals surface area contributed by atoms with Gasteiger partial charge < -0.3 is 21.3 Å². The van der Waals surface area contributed by atoms with Gasteiger partial charge in [-0.3, -0.25) is 4.79 Å². The minimum atomic E-state index is -0.423. The van der Waals surface area contributed by atoms with Gasteiger partial charge in [0.2, 0.25) is 0 Å². The number of anilines is 2. The summed E-state index contributed by atoms with van der Waals surface area (Å²) in [6.07, 6.45) is 3.21. The fourth-order valence-electron chi connectivity index (χ4n) is 2.58. The van der Waals surface area contributed by atoms with Gasteiger partial charge in [-0.1, -0.05) is 23.7 Å². The Morgan fingerprint density at radius 2 is 2.07 bits per heavy atom. The Labute approximate surface area is 169 Å². The number of nitrogens with one attached hydrogen (secondary N) is 4. The maximum absolute atomic E-state index is 12.2. The normalized spacial score (nSPS) is 13.6. The van der Waals surface area contributed by atoms with Crippen molar-refractivity contribution in [2.75, 3.05) is 23.7 Å². The van der Waals surface area contributed by atoms with E-state index in [4.69, 9.17) is 11.6 Å². The Hall–Kier alpha value is -2.88. The number of halogens is 1. The van der Waals surface area contributed by atoms with Crippen LogP contribution in [0.2, 0.25) is 5.02 Å². The number of rotatable bonds is 5. The minimum Gasteiger partial charge on any atom is -0.347 e. The van der Waals surface area contributed by atoms with Crippen molar-refractivity contribution in [1.82, 2.24) is 20.4 Å². The first-order valence-corrected chi connectivity index (χ1v) is 9.82. The molecule has 28 heavy (non-hydrogen) atoms. The van der Waals surface area contributed by atoms with Crippen LogP contribution in [-0.2, 0) is 0 Å². The fraction of sp³-hybridized carbons (Fsp3) is 0.167. The summed E-state index contributed by atoms with van der Waals surface area (Å²) in [7, 11) is 0. The lowest BCUT2D eigenvalue weighted by atomic mass is 10.1. The third-order valence-corrected chi connectivity index (χ3v) is 5.40. The van der Waals surface area contributed by atoms with E-state index in [0.29, 0.717) is 22.0 Å². The highest BCUT2D eigenvalue weighted by Gasteiger charge is 2.20. The summed E-state index contributed by atoms with van der Waals surface area (Å²) in [5, 5.41) is 18.7. The Bertz CT molecular complexity index is 1010. The van der Waals surface area contributed by atoms with Crippen molar-refractivity contribution < 1.29 is 9.59 Å². The topological polar surface area (TPSA) is 100 Å². The van der Waals surface area contributed by atoms with Gasteiger partial charge in [0.1, 0.15) is 5.00 Å². The van der Waals surface area contributed by atoms with Crippen molar-refractivity contribution in [3.05, 3.63) is 58.7 Å². The van der Waals surface area contributed by atoms with Gasteiger partial charge in [0.05, 0.1) is 40.4 Å². The second-order valence-corrected chi connectivity index (χ2v) is 7.53. The maximum atomic E-state index is 12.2. The zero-order chi connectivity index (χ0) is 19.5. The third-order valence-electron chi connectivity index (χ3n) is 4.15. The zero-order valence-corrected chi connectivity index (χ0v) is 16.2. The molecule has 3 heterocycles. The molecule has 3 amide bonds. The molecule has 0 atom stereocenters. The third kappa shape index (κ3) is 4.16. The van der Waals surface area contributed by atoms with Gasteiger partial charge in [-0.2, -0.15) is 5.10 Å². The first kappa shape index (κ1) is 18.5. The average Bonchev–Trinajstić information content (AvgIpc) is 3.29. The predicted octanol–water partition coefficient (Wildman–Crippen LogP) is 2.93. The van der Waals surface area contributed by atoms with Crippen LogP contribution >= 0.6 is 22.9 Å². The first-order chi connectivity index (χ1) is 13.6. The van der Waals surface area contributed by atoms with Gasteiger partial charge in [0.25, 0.3) is 5.91 Å². The molecule has 1 aliphatic rings. The summed E-state index contributed by atoms with van der Waals surface area (Å²) in [5.41, 5.74) is 1.63. The highest BCUT2D eigenvalue weighted by atomic mass is 35.5. The van der Waals surface area contributed by atoms with Crippen molar-refractivity contribution in [3.63, 3.8) is 0 Å². The molecule has 1 aromatic carbocycles. The fourth-order valence-corrected chi connectivity index (χ4v) is 3.59. The molecule has 0 saturated carbocycles. The smallest absolute Gasteiger partial charge is 0.323 e. The van der Waals surface area contributed by atoms with Gasteiger partial charge in [-0.15, -0.1) is 11.3 Å². The van der Waals surface area contributed by atoms with E-state index in [1.54, 1.807) is 46.6 Å². The van der Waals surface area contributed by atoms with Crippen molar-refractivity contribution in [1.29, 1.82) is 0 Å². The van der Waals surface area contributed by atoms with Crippen molar-refractivity contribution in [3.8, 4) is 5.00 Å². The van der Waals surface area contributed by atoms with E-state index in [-0.39, 0.29) is 11.9 Å². The Balaban J connectivity index is 1.38. The average molecular weight is 417 g/mol. The summed E-state index contributed by atoms with van der Waals surface area (Å²) >= 11 is 7.43. The molecule has 8 nitrogen and oxygen atoms in total. The molecule has 0 aliphatic carbocycles. The Morgan fingerprint density at radius 3 is 2.82 bits per heavy atom. The highest BCUT2D eigenvalue weighted by Crippen LogP contribution is 2.22. The molecule has 0 bridgehead atoms. The number of para-hydroxylation sites is 1. The van der Waals surface area contributed by atoms with E-state index >= 15 is 0 Å². The number of thiophene rings is 1. The summed E-state index contributed by atoms with van der Waals surface area (Å²) in [6, 6.07) is 8.51. The molecule has 1 fully saturated rings. The van der Waals surface area contributed by atoms with E-state index in [0.717, 1.165) is 18.1 Å². The molecular weight excluding hydrogens is 400 g/mol. The molecule has 0 unspecified atom stereocenters. The highest BCUT2D eigenvalue weighted by molar-refractivity contribution is 7.12. The Morgan fingerprint density at radius 1 is 1.25 bits per heavy atom. The monoisotopic (exact) mass is 416 g/mol. The lowest BCUT2D eigenvalue weighted by Crippen LogP contribution is -2.56. The molecule has 144 valence electrons. The van der Waals surface area contributed by atoms with Crippen molar-refractivity contribution >= 4 is 46.3 Å². The van der Waals surface area contributed by atoms with Crippen LogP contribution < -0.4 is 21.3 Å². The number of urea groups is 1. The SMILES string of the molecule is O=C(Nc1cnn(-c2cc(C(=O)NC3CNC3)cs2)c1)Nc1ccccc1Cl. The number of nitrogens with zero attached hydrogens (tertiary/aromatic N) is 2. The molecule has 3 aromatic rings. The molecule has 0 radical (unpaired) electrons. The number of carbonyl (C=O) groups is 2. The Kier molecular flexibility index (Phi) is 5.29. The van der Waals surface area contributed by atoms with E-state index < -0.39 is 6.03 Å². The van der Waals surface area contributed by atoms with Crippen molar-refractivity contribution in [2.45, 2.75) is 6.04 Å². The number of carbonyl (C=O) groups excluding carboxylic acids is 2. The van der Waals surface area contributed by atoms with E-state index in [2.05, 4.69) is 26.4 Å². The quantitative estimate of drug-likeness (QED) is 0.513. The maximum Gasteiger partial charge on any atom is 0.323 e. The van der Waals surface area contributed by atoms with E-state index in [1.165, 1.54) is 17.5 Å². The largest absolute Gasteiger partial charge is 0.347 e. The second kappa shape index (κ2) is 8.01. The zero-order valence-electron chi connectivity index (χ0n) is 14.6. The van der Waals surface area contributed by atoms with Crippen LogP contribution in [0.5, 0.6) is 0 Å². The van der Waals surface area contributed by atoms with Gasteiger partial charge in [0, 0.05) is 18.5 Å². The molecule has 1 saturated heterocycles. The van der Waals surface area contributed by atoms with Crippen LogP contribution in [0.3, 0.4) is 0 Å². The number of benzene rings is 1. The summed E-state index contributed by atoms with van der Waals surface area (Å²) in [4.78, 5) is 24.3. The van der Waals surface area contributed by atoms with Crippen LogP contribution in [0.1, 0.15) is 10.4 Å². The predicted molar refractivity (Wildman–Crippen MR) is 110 cm³/mol. The number of hydrogen-bond acceptors (Lipinski definition) is 5. The lowest BCUT2D eigenvalue weighted by Gasteiger charge is -2.27. The molecule has 4 rings (SSSR count). The molecular formula is C18H17ClN6O2S. The number of amides is 3. The molecule has 10 heteroatoms. The van der Waals surface area contributed by atoms with Crippen molar-refractivity contribution in [2.24, 2.45) is 0 Å². The van der Waals surface area contributed by atoms with Gasteiger partial charge in [-0.25, -0.2) is 9.48 Å². The first-order valence-electron chi connectivity index (χ1n) is 8.56. The summed E-state index contributed by atoms with van der Waals surface area (Å²) < 4.78 is 1.61. The minimum absolute atomic E-state index is 0.0985. The molecule has 4 N–H and O–H groups in total. The van der Waals surface area contributed by atoms with E-state index in [1.807, 2.05) is 0 Å². The number of aromatic nitrogens is 2. The van der Waals surface area contributed by atoms with Crippen LogP contribution in [0, 0.1) is 0 Å². The molecule has 2 aromatic heterocycles. The van der Waals surface area contributed by atoms with Crippen LogP contribution in [0.15, 0.2) is 48.1 Å². The van der Waals surface area contributed by atoms with Gasteiger partial charge in [0.15, 0.2) is 0 Å². The van der Waals surface area contributed by atoms with E-state index in [9.17, 15) is 9.59 Å². The standard InChI is InChI=1S/C18H17ClN6O2S/c19-14-3-1-2-4-15(14)24-18(27)23-13-8-21-25(9-13)16-5-11(10-28-16)17(26)22-12-6-20-7-12/h1-5,8-10,12,20H,6-7H2,(H,22,26)(H2,23,24,27). The molecule has 0 spiro atoms. The second-order valence-electron chi connectivity index (χ2n) is 6.23. The number of hydrogen-bond donors (Lipinski definition) is 4. The van der Waals surface area contributed by atoms with Gasteiger partial charge >= 0.3 is 6.03 Å². The lowest BCUT2D eigenvalue weighted by molar-refractivity contribution is 0.0924. The summed E-state index contributed by atoms with van der Waals surface area (Å²) in [6.45, 7) is 1.60. The molecule has 1 aliphatic heterocycles. The van der Waals surface area contributed by atoms with Crippen LogP contribution in [0.25, 0.3) is 5.00 Å². The van der Waals surface area contributed by atoms with Crippen LogP contribution in [-0.4, -0.2) is 40.9 Å². The van der Waals surface area contributed by atoms with Crippen LogP contribution in [0.4, 0.5) is 16.2 Å². The van der Waals surface area contributed by atoms with Gasteiger partial charge in [-0.05, 0) is 18.2 Å².